The van der Waals surface area contributed by atoms with E-state index in [0.717, 1.165) is 5.56 Å². The minimum Gasteiger partial charge on any atom is -0.496 e. The Kier molecular flexibility index (Phi) is 3.48. The topological polar surface area (TPSA) is 61.3 Å². The molecule has 4 heteroatoms. The number of benzene rings is 2. The molecule has 2 rings (SSSR count). The van der Waals surface area contributed by atoms with Crippen molar-refractivity contribution in [3.8, 4) is 5.75 Å². The summed E-state index contributed by atoms with van der Waals surface area (Å²) in [6.07, 6.45) is 0. The molecule has 94 valence electrons. The first-order valence-corrected chi connectivity index (χ1v) is 5.56. The number of nitrogen functional groups attached to an aromatic ring is 1. The first-order valence-electron chi connectivity index (χ1n) is 5.56. The van der Waals surface area contributed by atoms with Crippen molar-refractivity contribution in [1.82, 2.24) is 0 Å². The van der Waals surface area contributed by atoms with Crippen molar-refractivity contribution in [3.05, 3.63) is 59.4 Å². The van der Waals surface area contributed by atoms with Crippen LogP contribution in [0, 0.1) is 5.82 Å². The van der Waals surface area contributed by atoms with E-state index < -0.39 is 6.04 Å². The van der Waals surface area contributed by atoms with E-state index in [1.54, 1.807) is 18.2 Å². The molecule has 4 N–H and O–H groups in total. The maximum absolute atomic E-state index is 13.3. The zero-order valence-electron chi connectivity index (χ0n) is 10.1. The van der Waals surface area contributed by atoms with Crippen molar-refractivity contribution in [2.45, 2.75) is 6.04 Å². The maximum Gasteiger partial charge on any atom is 0.124 e. The van der Waals surface area contributed by atoms with Crippen LogP contribution in [0.25, 0.3) is 0 Å². The van der Waals surface area contributed by atoms with Gasteiger partial charge in [0.2, 0.25) is 0 Å². The van der Waals surface area contributed by atoms with Gasteiger partial charge in [0.25, 0.3) is 0 Å². The number of ether oxygens (including phenoxy) is 1. The minimum atomic E-state index is -0.473. The van der Waals surface area contributed by atoms with Gasteiger partial charge < -0.3 is 16.2 Å². The monoisotopic (exact) mass is 246 g/mol. The van der Waals surface area contributed by atoms with E-state index in [0.29, 0.717) is 17.0 Å². The van der Waals surface area contributed by atoms with Crippen LogP contribution < -0.4 is 16.2 Å². The second kappa shape index (κ2) is 5.06. The quantitative estimate of drug-likeness (QED) is 0.818. The molecule has 0 heterocycles. The normalized spacial score (nSPS) is 12.2. The fraction of sp³-hybridized carbons (Fsp3) is 0.143. The van der Waals surface area contributed by atoms with Gasteiger partial charge in [-0.25, -0.2) is 4.39 Å². The molecule has 0 radical (unpaired) electrons. The number of rotatable bonds is 3. The molecule has 0 aliphatic carbocycles. The van der Waals surface area contributed by atoms with E-state index >= 15 is 0 Å². The molecule has 0 bridgehead atoms. The van der Waals surface area contributed by atoms with Gasteiger partial charge in [-0.3, -0.25) is 0 Å². The average molecular weight is 246 g/mol. The molecule has 2 aromatic carbocycles. The Hall–Kier alpha value is -2.07. The van der Waals surface area contributed by atoms with Crippen LogP contribution in [0.2, 0.25) is 0 Å². The molecule has 0 aliphatic heterocycles. The fourth-order valence-electron chi connectivity index (χ4n) is 1.88. The van der Waals surface area contributed by atoms with Crippen molar-refractivity contribution >= 4 is 5.69 Å². The average Bonchev–Trinajstić information content (AvgIpc) is 2.38. The highest BCUT2D eigenvalue weighted by molar-refractivity contribution is 5.47. The summed E-state index contributed by atoms with van der Waals surface area (Å²) in [6.45, 7) is 0. The lowest BCUT2D eigenvalue weighted by Crippen LogP contribution is -2.13. The van der Waals surface area contributed by atoms with Gasteiger partial charge in [-0.05, 0) is 35.9 Å². The van der Waals surface area contributed by atoms with Gasteiger partial charge in [-0.15, -0.1) is 0 Å². The van der Waals surface area contributed by atoms with Gasteiger partial charge in [0, 0.05) is 11.3 Å². The molecule has 0 aliphatic rings. The lowest BCUT2D eigenvalue weighted by molar-refractivity contribution is 0.406. The molecular formula is C14H15FN2O. The summed E-state index contributed by atoms with van der Waals surface area (Å²) in [6, 6.07) is 11.0. The number of hydrogen-bond donors (Lipinski definition) is 2. The molecule has 0 saturated heterocycles. The van der Waals surface area contributed by atoms with Crippen molar-refractivity contribution in [1.29, 1.82) is 0 Å². The molecule has 1 unspecified atom stereocenters. The van der Waals surface area contributed by atoms with Gasteiger partial charge in [0.15, 0.2) is 0 Å². The Morgan fingerprint density at radius 1 is 1.17 bits per heavy atom. The summed E-state index contributed by atoms with van der Waals surface area (Å²) in [5.74, 6) is 0.219. The van der Waals surface area contributed by atoms with Crippen LogP contribution in [0.4, 0.5) is 10.1 Å². The van der Waals surface area contributed by atoms with E-state index in [-0.39, 0.29) is 5.82 Å². The van der Waals surface area contributed by atoms with Crippen LogP contribution in [0.15, 0.2) is 42.5 Å². The van der Waals surface area contributed by atoms with Gasteiger partial charge in [-0.1, -0.05) is 12.1 Å². The zero-order chi connectivity index (χ0) is 13.1. The number of halogens is 1. The van der Waals surface area contributed by atoms with E-state index in [1.165, 1.54) is 19.2 Å². The fourth-order valence-corrected chi connectivity index (χ4v) is 1.88. The third-order valence-corrected chi connectivity index (χ3v) is 2.80. The van der Waals surface area contributed by atoms with E-state index in [2.05, 4.69) is 0 Å². The van der Waals surface area contributed by atoms with Gasteiger partial charge >= 0.3 is 0 Å². The largest absolute Gasteiger partial charge is 0.496 e. The maximum atomic E-state index is 13.3. The van der Waals surface area contributed by atoms with Crippen LogP contribution in [0.5, 0.6) is 5.75 Å². The van der Waals surface area contributed by atoms with Gasteiger partial charge in [0.05, 0.1) is 13.2 Å². The third-order valence-electron chi connectivity index (χ3n) is 2.80. The lowest BCUT2D eigenvalue weighted by atomic mass is 9.98. The number of methoxy groups -OCH3 is 1. The van der Waals surface area contributed by atoms with Gasteiger partial charge in [-0.2, -0.15) is 0 Å². The standard InChI is InChI=1S/C14H15FN2O/c1-18-13-6-5-10(15)8-12(13)14(17)9-3-2-4-11(16)7-9/h2-8,14H,16-17H2,1H3. The highest BCUT2D eigenvalue weighted by Gasteiger charge is 2.15. The molecule has 0 spiro atoms. The van der Waals surface area contributed by atoms with Crippen LogP contribution in [0.3, 0.4) is 0 Å². The van der Waals surface area contributed by atoms with Crippen LogP contribution >= 0.6 is 0 Å². The van der Waals surface area contributed by atoms with Crippen LogP contribution in [-0.2, 0) is 0 Å². The molecule has 2 aromatic rings. The molecule has 0 aromatic heterocycles. The Morgan fingerprint density at radius 2 is 1.94 bits per heavy atom. The Balaban J connectivity index is 2.44. The first kappa shape index (κ1) is 12.4. The third kappa shape index (κ3) is 2.43. The molecule has 1 atom stereocenters. The Morgan fingerprint density at radius 3 is 2.61 bits per heavy atom. The van der Waals surface area contributed by atoms with Crippen molar-refractivity contribution in [2.24, 2.45) is 5.73 Å². The van der Waals surface area contributed by atoms with Crippen molar-refractivity contribution in [2.75, 3.05) is 12.8 Å². The highest BCUT2D eigenvalue weighted by Crippen LogP contribution is 2.29. The summed E-state index contributed by atoms with van der Waals surface area (Å²) in [4.78, 5) is 0. The summed E-state index contributed by atoms with van der Waals surface area (Å²) < 4.78 is 18.5. The number of hydrogen-bond acceptors (Lipinski definition) is 3. The number of nitrogens with two attached hydrogens (primary N) is 2. The van der Waals surface area contributed by atoms with Gasteiger partial charge in [0.1, 0.15) is 11.6 Å². The first-order chi connectivity index (χ1) is 8.61. The second-order valence-corrected chi connectivity index (χ2v) is 4.03. The predicted molar refractivity (Wildman–Crippen MR) is 69.8 cm³/mol. The smallest absolute Gasteiger partial charge is 0.124 e. The zero-order valence-corrected chi connectivity index (χ0v) is 10.1. The number of anilines is 1. The summed E-state index contributed by atoms with van der Waals surface area (Å²) in [7, 11) is 1.53. The van der Waals surface area contributed by atoms with E-state index in [4.69, 9.17) is 16.2 Å². The summed E-state index contributed by atoms with van der Waals surface area (Å²) in [5, 5.41) is 0. The second-order valence-electron chi connectivity index (χ2n) is 4.03. The molecule has 3 nitrogen and oxygen atoms in total. The lowest BCUT2D eigenvalue weighted by Gasteiger charge is -2.16. The molecule has 0 amide bonds. The van der Waals surface area contributed by atoms with Crippen LogP contribution in [-0.4, -0.2) is 7.11 Å². The summed E-state index contributed by atoms with van der Waals surface area (Å²) >= 11 is 0. The minimum absolute atomic E-state index is 0.342. The van der Waals surface area contributed by atoms with E-state index in [9.17, 15) is 4.39 Å². The summed E-state index contributed by atoms with van der Waals surface area (Å²) in [5.41, 5.74) is 13.9. The van der Waals surface area contributed by atoms with Crippen molar-refractivity contribution < 1.29 is 9.13 Å². The van der Waals surface area contributed by atoms with E-state index in [1.807, 2.05) is 12.1 Å². The predicted octanol–water partition coefficient (Wildman–Crippen LogP) is 2.46. The molecule has 18 heavy (non-hydrogen) atoms. The van der Waals surface area contributed by atoms with Crippen molar-refractivity contribution in [3.63, 3.8) is 0 Å². The highest BCUT2D eigenvalue weighted by atomic mass is 19.1. The SMILES string of the molecule is COc1ccc(F)cc1C(N)c1cccc(N)c1. The Bertz CT molecular complexity index is 557. The molecule has 0 saturated carbocycles. The van der Waals surface area contributed by atoms with Crippen LogP contribution in [0.1, 0.15) is 17.2 Å². The molecular weight excluding hydrogens is 231 g/mol. The molecule has 0 fully saturated rings. The Labute approximate surface area is 105 Å².